The van der Waals surface area contributed by atoms with Gasteiger partial charge >= 0.3 is 0 Å². The van der Waals surface area contributed by atoms with E-state index in [1.807, 2.05) is 0 Å². The van der Waals surface area contributed by atoms with Crippen molar-refractivity contribution in [1.82, 2.24) is 4.90 Å². The van der Waals surface area contributed by atoms with E-state index in [1.165, 1.54) is 28.7 Å². The molecular weight excluding hydrogens is 306 g/mol. The molecule has 25 heavy (non-hydrogen) atoms. The Morgan fingerprint density at radius 2 is 1.60 bits per heavy atom. The second-order valence-corrected chi connectivity index (χ2v) is 6.76. The molecule has 0 N–H and O–H groups in total. The summed E-state index contributed by atoms with van der Waals surface area (Å²) in [5.74, 6) is 1.09. The Morgan fingerprint density at radius 3 is 2.28 bits per heavy atom. The van der Waals surface area contributed by atoms with E-state index in [-0.39, 0.29) is 0 Å². The second-order valence-electron chi connectivity index (χ2n) is 6.76. The Kier molecular flexibility index (Phi) is 6.08. The van der Waals surface area contributed by atoms with Crippen molar-refractivity contribution < 1.29 is 4.74 Å². The standard InChI is InChI=1S/C23H27NO/c1-24(2)16-17-25-23-21(18-19-10-5-3-6-11-19)14-9-15-22(23)20-12-7-4-8-13-20/h3-8,10-13,18H,9,14-17H2,1-2H3/b21-18+. The molecule has 0 amide bonds. The van der Waals surface area contributed by atoms with Crippen LogP contribution in [-0.4, -0.2) is 32.1 Å². The van der Waals surface area contributed by atoms with Crippen LogP contribution in [0.15, 0.2) is 72.0 Å². The number of hydrogen-bond acceptors (Lipinski definition) is 2. The number of likely N-dealkylation sites (N-methyl/N-ethyl adjacent to an activating group) is 1. The Morgan fingerprint density at radius 1 is 0.920 bits per heavy atom. The van der Waals surface area contributed by atoms with Crippen molar-refractivity contribution in [2.24, 2.45) is 0 Å². The van der Waals surface area contributed by atoms with Crippen molar-refractivity contribution >= 4 is 11.6 Å². The van der Waals surface area contributed by atoms with Crippen LogP contribution in [0.2, 0.25) is 0 Å². The molecule has 130 valence electrons. The van der Waals surface area contributed by atoms with E-state index >= 15 is 0 Å². The molecule has 0 spiro atoms. The Balaban J connectivity index is 1.96. The maximum absolute atomic E-state index is 6.32. The lowest BCUT2D eigenvalue weighted by Gasteiger charge is -2.25. The third-order valence-corrected chi connectivity index (χ3v) is 4.49. The molecule has 3 rings (SSSR count). The zero-order valence-corrected chi connectivity index (χ0v) is 15.2. The van der Waals surface area contributed by atoms with Crippen LogP contribution in [-0.2, 0) is 4.74 Å². The van der Waals surface area contributed by atoms with Gasteiger partial charge in [-0.25, -0.2) is 0 Å². The van der Waals surface area contributed by atoms with Crippen molar-refractivity contribution in [2.75, 3.05) is 27.2 Å². The number of hydrogen-bond donors (Lipinski definition) is 0. The smallest absolute Gasteiger partial charge is 0.126 e. The molecule has 0 heterocycles. The van der Waals surface area contributed by atoms with Crippen LogP contribution in [0, 0.1) is 0 Å². The lowest BCUT2D eigenvalue weighted by molar-refractivity contribution is 0.188. The summed E-state index contributed by atoms with van der Waals surface area (Å²) >= 11 is 0. The quantitative estimate of drug-likeness (QED) is 0.716. The van der Waals surface area contributed by atoms with Gasteiger partial charge in [0.15, 0.2) is 0 Å². The molecule has 0 unspecified atom stereocenters. The highest BCUT2D eigenvalue weighted by atomic mass is 16.5. The minimum Gasteiger partial charge on any atom is -0.492 e. The Labute approximate surface area is 151 Å². The van der Waals surface area contributed by atoms with Crippen molar-refractivity contribution in [3.8, 4) is 0 Å². The fourth-order valence-electron chi connectivity index (χ4n) is 3.19. The van der Waals surface area contributed by atoms with Crippen molar-refractivity contribution in [2.45, 2.75) is 19.3 Å². The van der Waals surface area contributed by atoms with Crippen LogP contribution in [0.1, 0.15) is 30.4 Å². The first-order valence-electron chi connectivity index (χ1n) is 9.06. The minimum absolute atomic E-state index is 0.713. The van der Waals surface area contributed by atoms with Gasteiger partial charge in [0.05, 0.1) is 0 Å². The molecule has 0 aromatic heterocycles. The van der Waals surface area contributed by atoms with Crippen LogP contribution in [0.25, 0.3) is 11.6 Å². The molecule has 0 bridgehead atoms. The van der Waals surface area contributed by atoms with Gasteiger partial charge in [-0.05, 0) is 56.1 Å². The van der Waals surface area contributed by atoms with Crippen LogP contribution < -0.4 is 0 Å². The SMILES string of the molecule is CN(C)CCOC1=C(c2ccccc2)CCC/C1=C\c1ccccc1. The Bertz CT molecular complexity index is 729. The average Bonchev–Trinajstić information content (AvgIpc) is 2.64. The zero-order chi connectivity index (χ0) is 17.5. The summed E-state index contributed by atoms with van der Waals surface area (Å²) in [7, 11) is 4.16. The molecule has 2 heteroatoms. The fraction of sp³-hybridized carbons (Fsp3) is 0.304. The van der Waals surface area contributed by atoms with E-state index in [1.54, 1.807) is 0 Å². The number of allylic oxidation sites excluding steroid dienone is 2. The predicted octanol–water partition coefficient (Wildman–Crippen LogP) is 5.24. The van der Waals surface area contributed by atoms with Crippen molar-refractivity contribution in [3.63, 3.8) is 0 Å². The van der Waals surface area contributed by atoms with Gasteiger partial charge in [-0.3, -0.25) is 0 Å². The fourth-order valence-corrected chi connectivity index (χ4v) is 3.19. The highest BCUT2D eigenvalue weighted by molar-refractivity contribution is 5.75. The van der Waals surface area contributed by atoms with Crippen LogP contribution in [0.5, 0.6) is 0 Å². The summed E-state index contributed by atoms with van der Waals surface area (Å²) in [6.45, 7) is 1.63. The molecule has 0 atom stereocenters. The first-order valence-corrected chi connectivity index (χ1v) is 9.06. The number of nitrogens with zero attached hydrogens (tertiary/aromatic N) is 1. The summed E-state index contributed by atoms with van der Waals surface area (Å²) in [6.07, 6.45) is 5.60. The number of benzene rings is 2. The predicted molar refractivity (Wildman–Crippen MR) is 106 cm³/mol. The third-order valence-electron chi connectivity index (χ3n) is 4.49. The molecule has 2 nitrogen and oxygen atoms in total. The molecule has 2 aromatic carbocycles. The van der Waals surface area contributed by atoms with E-state index in [9.17, 15) is 0 Å². The maximum atomic E-state index is 6.32. The summed E-state index contributed by atoms with van der Waals surface area (Å²) in [5, 5.41) is 0. The van der Waals surface area contributed by atoms with E-state index in [4.69, 9.17) is 4.74 Å². The van der Waals surface area contributed by atoms with Crippen LogP contribution >= 0.6 is 0 Å². The van der Waals surface area contributed by atoms with E-state index < -0.39 is 0 Å². The van der Waals surface area contributed by atoms with Gasteiger partial charge in [-0.2, -0.15) is 0 Å². The lowest BCUT2D eigenvalue weighted by atomic mass is 9.88. The highest BCUT2D eigenvalue weighted by Gasteiger charge is 2.20. The molecule has 0 saturated heterocycles. The van der Waals surface area contributed by atoms with Crippen LogP contribution in [0.3, 0.4) is 0 Å². The van der Waals surface area contributed by atoms with Gasteiger partial charge < -0.3 is 9.64 Å². The summed E-state index contributed by atoms with van der Waals surface area (Å²) < 4.78 is 6.32. The van der Waals surface area contributed by atoms with Crippen LogP contribution in [0.4, 0.5) is 0 Å². The van der Waals surface area contributed by atoms with Crippen molar-refractivity contribution in [1.29, 1.82) is 0 Å². The minimum atomic E-state index is 0.713. The zero-order valence-electron chi connectivity index (χ0n) is 15.2. The van der Waals surface area contributed by atoms with Gasteiger partial charge in [-0.1, -0.05) is 60.7 Å². The first-order chi connectivity index (χ1) is 12.2. The maximum Gasteiger partial charge on any atom is 0.126 e. The topological polar surface area (TPSA) is 12.5 Å². The lowest BCUT2D eigenvalue weighted by Crippen LogP contribution is -2.19. The summed E-state index contributed by atoms with van der Waals surface area (Å²) in [5.41, 5.74) is 5.17. The van der Waals surface area contributed by atoms with Gasteiger partial charge in [0.2, 0.25) is 0 Å². The number of rotatable bonds is 6. The normalized spacial score (nSPS) is 16.5. The molecular formula is C23H27NO. The molecule has 0 radical (unpaired) electrons. The van der Waals surface area contributed by atoms with Gasteiger partial charge in [0.25, 0.3) is 0 Å². The van der Waals surface area contributed by atoms with E-state index in [0.29, 0.717) is 6.61 Å². The molecule has 0 aliphatic heterocycles. The van der Waals surface area contributed by atoms with Gasteiger partial charge in [0, 0.05) is 12.1 Å². The number of ether oxygens (including phenoxy) is 1. The summed E-state index contributed by atoms with van der Waals surface area (Å²) in [4.78, 5) is 2.16. The summed E-state index contributed by atoms with van der Waals surface area (Å²) in [6, 6.07) is 21.2. The van der Waals surface area contributed by atoms with Gasteiger partial charge in [-0.15, -0.1) is 0 Å². The van der Waals surface area contributed by atoms with E-state index in [2.05, 4.69) is 85.7 Å². The molecule has 2 aromatic rings. The monoisotopic (exact) mass is 333 g/mol. The molecule has 1 aliphatic rings. The largest absolute Gasteiger partial charge is 0.492 e. The third kappa shape index (κ3) is 4.83. The molecule has 1 aliphatic carbocycles. The first kappa shape index (κ1) is 17.5. The molecule has 0 fully saturated rings. The highest BCUT2D eigenvalue weighted by Crippen LogP contribution is 2.37. The van der Waals surface area contributed by atoms with Crippen molar-refractivity contribution in [3.05, 3.63) is 83.1 Å². The Hall–Kier alpha value is -2.32. The van der Waals surface area contributed by atoms with E-state index in [0.717, 1.165) is 25.1 Å². The second kappa shape index (κ2) is 8.68. The average molecular weight is 333 g/mol. The van der Waals surface area contributed by atoms with Gasteiger partial charge in [0.1, 0.15) is 12.4 Å². The molecule has 0 saturated carbocycles.